The van der Waals surface area contributed by atoms with E-state index in [1.165, 1.54) is 0 Å². The summed E-state index contributed by atoms with van der Waals surface area (Å²) in [4.78, 5) is 24.7. The molecule has 1 aromatic rings. The number of fused-ring (bicyclic) bond motifs is 1. The van der Waals surface area contributed by atoms with Crippen molar-refractivity contribution in [3.05, 3.63) is 29.3 Å². The molecule has 4 nitrogen and oxygen atoms in total. The minimum atomic E-state index is -0.531. The first-order valence-corrected chi connectivity index (χ1v) is 4.72. The lowest BCUT2D eigenvalue weighted by molar-refractivity contribution is -0.112. The molecule has 0 fully saturated rings. The van der Waals surface area contributed by atoms with Gasteiger partial charge in [-0.1, -0.05) is 12.1 Å². The molecule has 2 rings (SSSR count). The minimum absolute atomic E-state index is 0.428. The maximum Gasteiger partial charge on any atom is 0.296 e. The van der Waals surface area contributed by atoms with Crippen molar-refractivity contribution in [2.75, 3.05) is 19.4 Å². The number of rotatable bonds is 2. The number of ketones is 1. The van der Waals surface area contributed by atoms with Gasteiger partial charge in [-0.15, -0.1) is 0 Å². The minimum Gasteiger partial charge on any atom is -0.318 e. The first kappa shape index (κ1) is 9.86. The third-order valence-electron chi connectivity index (χ3n) is 2.32. The molecule has 0 saturated carbocycles. The third-order valence-corrected chi connectivity index (χ3v) is 2.32. The zero-order chi connectivity index (χ0) is 11.0. The highest BCUT2D eigenvalue weighted by atomic mass is 16.2. The average molecular weight is 204 g/mol. The average Bonchev–Trinajstić information content (AvgIpc) is 2.43. The van der Waals surface area contributed by atoms with Gasteiger partial charge in [0.2, 0.25) is 0 Å². The molecule has 1 N–H and O–H groups in total. The topological polar surface area (TPSA) is 49.4 Å². The van der Waals surface area contributed by atoms with E-state index in [1.807, 2.05) is 31.1 Å². The molecule has 0 spiro atoms. The third kappa shape index (κ3) is 1.64. The van der Waals surface area contributed by atoms with Crippen molar-refractivity contribution in [1.82, 2.24) is 4.90 Å². The van der Waals surface area contributed by atoms with Crippen LogP contribution in [0.2, 0.25) is 0 Å². The first-order valence-electron chi connectivity index (χ1n) is 4.72. The Balaban J connectivity index is 2.47. The van der Waals surface area contributed by atoms with Crippen molar-refractivity contribution < 1.29 is 9.59 Å². The van der Waals surface area contributed by atoms with Crippen LogP contribution in [-0.4, -0.2) is 30.7 Å². The Hall–Kier alpha value is -1.68. The van der Waals surface area contributed by atoms with Gasteiger partial charge in [-0.3, -0.25) is 9.59 Å². The van der Waals surface area contributed by atoms with Gasteiger partial charge >= 0.3 is 0 Å². The predicted octanol–water partition coefficient (Wildman–Crippen LogP) is 0.883. The highest BCUT2D eigenvalue weighted by Gasteiger charge is 2.30. The van der Waals surface area contributed by atoms with Crippen LogP contribution in [0.1, 0.15) is 15.9 Å². The number of nitrogens with one attached hydrogen (secondary N) is 1. The van der Waals surface area contributed by atoms with E-state index in [1.54, 1.807) is 6.07 Å². The molecular formula is C11H12N2O2. The summed E-state index contributed by atoms with van der Waals surface area (Å²) in [5.74, 6) is -0.960. The van der Waals surface area contributed by atoms with Gasteiger partial charge in [0.05, 0.1) is 11.3 Å². The molecule has 0 aromatic heterocycles. The van der Waals surface area contributed by atoms with Gasteiger partial charge in [0.1, 0.15) is 0 Å². The molecule has 1 aliphatic rings. The summed E-state index contributed by atoms with van der Waals surface area (Å²) >= 11 is 0. The molecule has 0 unspecified atom stereocenters. The van der Waals surface area contributed by atoms with E-state index in [9.17, 15) is 9.59 Å². The summed E-state index contributed by atoms with van der Waals surface area (Å²) in [6.07, 6.45) is 0. The number of Topliss-reactive ketones (excluding diaryl/α,β-unsaturated/α-hetero) is 1. The summed E-state index contributed by atoms with van der Waals surface area (Å²) in [5, 5.41) is 2.55. The molecule has 0 radical (unpaired) electrons. The highest BCUT2D eigenvalue weighted by Crippen LogP contribution is 2.26. The van der Waals surface area contributed by atoms with Gasteiger partial charge in [0, 0.05) is 6.54 Å². The van der Waals surface area contributed by atoms with Gasteiger partial charge in [0.15, 0.2) is 0 Å². The highest BCUT2D eigenvalue weighted by molar-refractivity contribution is 6.52. The van der Waals surface area contributed by atoms with Crippen molar-refractivity contribution in [2.24, 2.45) is 0 Å². The monoisotopic (exact) mass is 204 g/mol. The van der Waals surface area contributed by atoms with Crippen LogP contribution in [0.25, 0.3) is 0 Å². The summed E-state index contributed by atoms with van der Waals surface area (Å²) in [7, 11) is 3.85. The molecule has 0 aliphatic carbocycles. The molecule has 1 heterocycles. The van der Waals surface area contributed by atoms with E-state index in [0.29, 0.717) is 17.8 Å². The molecule has 78 valence electrons. The normalized spacial score (nSPS) is 14.3. The zero-order valence-electron chi connectivity index (χ0n) is 8.70. The van der Waals surface area contributed by atoms with E-state index in [4.69, 9.17) is 0 Å². The molecule has 1 aromatic carbocycles. The number of nitrogens with zero attached hydrogens (tertiary/aromatic N) is 1. The lowest BCUT2D eigenvalue weighted by Gasteiger charge is -2.11. The SMILES string of the molecule is CN(C)Cc1cccc2c1C(=O)C(=O)N2. The van der Waals surface area contributed by atoms with Crippen molar-refractivity contribution >= 4 is 17.4 Å². The molecule has 15 heavy (non-hydrogen) atoms. The van der Waals surface area contributed by atoms with Crippen molar-refractivity contribution in [3.63, 3.8) is 0 Å². The predicted molar refractivity (Wildman–Crippen MR) is 56.8 cm³/mol. The largest absolute Gasteiger partial charge is 0.318 e. The quantitative estimate of drug-likeness (QED) is 0.727. The van der Waals surface area contributed by atoms with Crippen molar-refractivity contribution in [2.45, 2.75) is 6.54 Å². The van der Waals surface area contributed by atoms with Crippen molar-refractivity contribution in [3.8, 4) is 0 Å². The number of hydrogen-bond donors (Lipinski definition) is 1. The van der Waals surface area contributed by atoms with Gasteiger partial charge in [0.25, 0.3) is 11.7 Å². The van der Waals surface area contributed by atoms with Crippen LogP contribution in [-0.2, 0) is 11.3 Å². The summed E-state index contributed by atoms with van der Waals surface area (Å²) in [5.41, 5.74) is 2.04. The molecule has 0 bridgehead atoms. The van der Waals surface area contributed by atoms with Crippen LogP contribution in [0.4, 0.5) is 5.69 Å². The molecule has 1 aliphatic heterocycles. The molecule has 1 amide bonds. The second-order valence-corrected chi connectivity index (χ2v) is 3.86. The second-order valence-electron chi connectivity index (χ2n) is 3.86. The van der Waals surface area contributed by atoms with Crippen LogP contribution in [0.15, 0.2) is 18.2 Å². The van der Waals surface area contributed by atoms with Gasteiger partial charge < -0.3 is 10.2 Å². The lowest BCUT2D eigenvalue weighted by atomic mass is 10.0. The fourth-order valence-electron chi connectivity index (χ4n) is 1.74. The Morgan fingerprint density at radius 3 is 2.67 bits per heavy atom. The molecule has 0 atom stereocenters. The first-order chi connectivity index (χ1) is 7.09. The number of benzene rings is 1. The van der Waals surface area contributed by atoms with Gasteiger partial charge in [-0.25, -0.2) is 0 Å². The van der Waals surface area contributed by atoms with E-state index >= 15 is 0 Å². The fraction of sp³-hybridized carbons (Fsp3) is 0.273. The molecule has 4 heteroatoms. The van der Waals surface area contributed by atoms with E-state index in [2.05, 4.69) is 5.32 Å². The fourth-order valence-corrected chi connectivity index (χ4v) is 1.74. The van der Waals surface area contributed by atoms with E-state index < -0.39 is 11.7 Å². The van der Waals surface area contributed by atoms with Crippen LogP contribution >= 0.6 is 0 Å². The number of carbonyl (C=O) groups is 2. The van der Waals surface area contributed by atoms with E-state index in [-0.39, 0.29) is 0 Å². The van der Waals surface area contributed by atoms with Crippen molar-refractivity contribution in [1.29, 1.82) is 0 Å². The van der Waals surface area contributed by atoms with Crippen LogP contribution < -0.4 is 5.32 Å². The number of amides is 1. The maximum atomic E-state index is 11.6. The lowest BCUT2D eigenvalue weighted by Crippen LogP contribution is -2.16. The number of hydrogen-bond acceptors (Lipinski definition) is 3. The smallest absolute Gasteiger partial charge is 0.296 e. The van der Waals surface area contributed by atoms with Crippen LogP contribution in [0.5, 0.6) is 0 Å². The zero-order valence-corrected chi connectivity index (χ0v) is 8.70. The number of anilines is 1. The van der Waals surface area contributed by atoms with Crippen LogP contribution in [0, 0.1) is 0 Å². The second kappa shape index (κ2) is 3.47. The summed E-state index contributed by atoms with van der Waals surface area (Å²) < 4.78 is 0. The Morgan fingerprint density at radius 2 is 2.00 bits per heavy atom. The standard InChI is InChI=1S/C11H12N2O2/c1-13(2)6-7-4-3-5-8-9(7)10(14)11(15)12-8/h3-5H,6H2,1-2H3,(H,12,14,15). The molecular weight excluding hydrogens is 192 g/mol. The Bertz CT molecular complexity index is 438. The van der Waals surface area contributed by atoms with Crippen LogP contribution in [0.3, 0.4) is 0 Å². The number of carbonyl (C=O) groups excluding carboxylic acids is 2. The Morgan fingerprint density at radius 1 is 1.27 bits per heavy atom. The van der Waals surface area contributed by atoms with Gasteiger partial charge in [-0.05, 0) is 25.7 Å². The summed E-state index contributed by atoms with van der Waals surface area (Å²) in [6.45, 7) is 0.657. The Kier molecular flexibility index (Phi) is 2.28. The maximum absolute atomic E-state index is 11.6. The summed E-state index contributed by atoms with van der Waals surface area (Å²) in [6, 6.07) is 5.46. The molecule has 0 saturated heterocycles. The van der Waals surface area contributed by atoms with Gasteiger partial charge in [-0.2, -0.15) is 0 Å². The van der Waals surface area contributed by atoms with E-state index in [0.717, 1.165) is 5.56 Å². The Labute approximate surface area is 87.9 Å².